The summed E-state index contributed by atoms with van der Waals surface area (Å²) in [6.07, 6.45) is 4.08. The van der Waals surface area contributed by atoms with Gasteiger partial charge in [0.05, 0.1) is 11.8 Å². The summed E-state index contributed by atoms with van der Waals surface area (Å²) >= 11 is 0. The second-order valence-corrected chi connectivity index (χ2v) is 3.35. The molecule has 1 aromatic heterocycles. The molecule has 1 aliphatic carbocycles. The first kappa shape index (κ1) is 8.72. The van der Waals surface area contributed by atoms with E-state index < -0.39 is 0 Å². The number of aromatic nitrogens is 1. The van der Waals surface area contributed by atoms with E-state index >= 15 is 0 Å². The lowest BCUT2D eigenvalue weighted by Crippen LogP contribution is -2.20. The van der Waals surface area contributed by atoms with Gasteiger partial charge in [-0.1, -0.05) is 5.16 Å². The Morgan fingerprint density at radius 3 is 3.00 bits per heavy atom. The summed E-state index contributed by atoms with van der Waals surface area (Å²) in [5, 5.41) is 3.78. The lowest BCUT2D eigenvalue weighted by atomic mass is 9.96. The van der Waals surface area contributed by atoms with Gasteiger partial charge in [-0.3, -0.25) is 0 Å². The largest absolute Gasteiger partial charge is 0.370 e. The molecular formula is C9H14N2O2. The predicted molar refractivity (Wildman–Crippen MR) is 46.8 cm³/mol. The summed E-state index contributed by atoms with van der Waals surface area (Å²) in [6.45, 7) is 0.949. The van der Waals surface area contributed by atoms with Crippen LogP contribution in [0.2, 0.25) is 0 Å². The van der Waals surface area contributed by atoms with Crippen LogP contribution < -0.4 is 5.73 Å². The topological polar surface area (TPSA) is 61.3 Å². The lowest BCUT2D eigenvalue weighted by Gasteiger charge is -2.24. The van der Waals surface area contributed by atoms with Gasteiger partial charge in [-0.15, -0.1) is 0 Å². The predicted octanol–water partition coefficient (Wildman–Crippen LogP) is 1.20. The van der Waals surface area contributed by atoms with Gasteiger partial charge in [-0.05, 0) is 19.3 Å². The van der Waals surface area contributed by atoms with Crippen molar-refractivity contribution in [3.05, 3.63) is 17.5 Å². The maximum absolute atomic E-state index is 5.55. The second kappa shape index (κ2) is 3.89. The molecule has 2 N–H and O–H groups in total. The summed E-state index contributed by atoms with van der Waals surface area (Å²) in [4.78, 5) is 0. The highest BCUT2D eigenvalue weighted by Crippen LogP contribution is 2.23. The van der Waals surface area contributed by atoms with Crippen LogP contribution in [0.25, 0.3) is 0 Å². The number of ether oxygens (including phenoxy) is 1. The number of hydrogen-bond donors (Lipinski definition) is 1. The van der Waals surface area contributed by atoms with Gasteiger partial charge in [0.25, 0.3) is 0 Å². The molecule has 13 heavy (non-hydrogen) atoms. The molecule has 0 aromatic carbocycles. The van der Waals surface area contributed by atoms with E-state index in [4.69, 9.17) is 15.0 Å². The standard InChI is InChI=1S/C9H14N2O2/c10-5-7-4-9(13-11-7)6-12-8-2-1-3-8/h4,8H,1-3,5-6,10H2. The van der Waals surface area contributed by atoms with E-state index in [1.54, 1.807) is 0 Å². The minimum atomic E-state index is 0.424. The van der Waals surface area contributed by atoms with Crippen LogP contribution in [0.4, 0.5) is 0 Å². The lowest BCUT2D eigenvalue weighted by molar-refractivity contribution is -0.0174. The van der Waals surface area contributed by atoms with E-state index in [0.717, 1.165) is 11.5 Å². The van der Waals surface area contributed by atoms with Crippen molar-refractivity contribution in [3.8, 4) is 0 Å². The van der Waals surface area contributed by atoms with Crippen molar-refractivity contribution >= 4 is 0 Å². The third-order valence-electron chi connectivity index (χ3n) is 2.33. The normalized spacial score (nSPS) is 17.3. The third-order valence-corrected chi connectivity index (χ3v) is 2.33. The quantitative estimate of drug-likeness (QED) is 0.760. The zero-order chi connectivity index (χ0) is 9.10. The Hall–Kier alpha value is -0.870. The van der Waals surface area contributed by atoms with Crippen molar-refractivity contribution in [1.82, 2.24) is 5.16 Å². The molecule has 0 bridgehead atoms. The molecule has 0 saturated heterocycles. The molecule has 1 aromatic rings. The zero-order valence-electron chi connectivity index (χ0n) is 7.53. The van der Waals surface area contributed by atoms with Gasteiger partial charge in [0.1, 0.15) is 6.61 Å². The summed E-state index contributed by atoms with van der Waals surface area (Å²) in [5.41, 5.74) is 6.18. The molecule has 0 amide bonds. The molecule has 4 nitrogen and oxygen atoms in total. The van der Waals surface area contributed by atoms with Crippen LogP contribution in [0, 0.1) is 0 Å². The van der Waals surface area contributed by atoms with Crippen molar-refractivity contribution in [2.45, 2.75) is 38.5 Å². The highest BCUT2D eigenvalue weighted by molar-refractivity contribution is 5.03. The summed E-state index contributed by atoms with van der Waals surface area (Å²) in [5.74, 6) is 0.771. The van der Waals surface area contributed by atoms with Crippen molar-refractivity contribution < 1.29 is 9.26 Å². The first-order valence-electron chi connectivity index (χ1n) is 4.64. The maximum Gasteiger partial charge on any atom is 0.162 e. The van der Waals surface area contributed by atoms with Gasteiger partial charge in [0.2, 0.25) is 0 Å². The fraction of sp³-hybridized carbons (Fsp3) is 0.667. The van der Waals surface area contributed by atoms with E-state index in [2.05, 4.69) is 5.16 Å². The molecular weight excluding hydrogens is 168 g/mol. The van der Waals surface area contributed by atoms with Crippen molar-refractivity contribution in [3.63, 3.8) is 0 Å². The first-order valence-corrected chi connectivity index (χ1v) is 4.64. The maximum atomic E-state index is 5.55. The Balaban J connectivity index is 1.79. The average molecular weight is 182 g/mol. The second-order valence-electron chi connectivity index (χ2n) is 3.35. The Morgan fingerprint density at radius 2 is 2.46 bits per heavy atom. The Morgan fingerprint density at radius 1 is 1.62 bits per heavy atom. The van der Waals surface area contributed by atoms with Gasteiger partial charge >= 0.3 is 0 Å². The molecule has 0 atom stereocenters. The summed E-state index contributed by atoms with van der Waals surface area (Å²) in [6, 6.07) is 1.85. The first-order chi connectivity index (χ1) is 6.38. The van der Waals surface area contributed by atoms with E-state index in [1.807, 2.05) is 6.07 Å². The Labute approximate surface area is 77.0 Å². The SMILES string of the molecule is NCc1cc(COC2CCC2)on1. The monoisotopic (exact) mass is 182 g/mol. The number of nitrogens with two attached hydrogens (primary N) is 1. The van der Waals surface area contributed by atoms with Crippen LogP contribution in [0.15, 0.2) is 10.6 Å². The van der Waals surface area contributed by atoms with Crippen molar-refractivity contribution in [2.75, 3.05) is 0 Å². The molecule has 1 aliphatic rings. The summed E-state index contributed by atoms with van der Waals surface area (Å²) in [7, 11) is 0. The molecule has 1 heterocycles. The average Bonchev–Trinajstić information content (AvgIpc) is 2.49. The minimum absolute atomic E-state index is 0.424. The van der Waals surface area contributed by atoms with Crippen LogP contribution in [-0.2, 0) is 17.9 Å². The third kappa shape index (κ3) is 2.08. The van der Waals surface area contributed by atoms with Gasteiger partial charge in [0.15, 0.2) is 5.76 Å². The van der Waals surface area contributed by atoms with Gasteiger partial charge in [-0.25, -0.2) is 0 Å². The number of hydrogen-bond acceptors (Lipinski definition) is 4. The van der Waals surface area contributed by atoms with Gasteiger partial charge < -0.3 is 15.0 Å². The van der Waals surface area contributed by atoms with Crippen LogP contribution in [0.5, 0.6) is 0 Å². The van der Waals surface area contributed by atoms with Crippen LogP contribution in [0.3, 0.4) is 0 Å². The zero-order valence-corrected chi connectivity index (χ0v) is 7.53. The van der Waals surface area contributed by atoms with Gasteiger partial charge in [-0.2, -0.15) is 0 Å². The van der Waals surface area contributed by atoms with Crippen molar-refractivity contribution in [2.24, 2.45) is 5.73 Å². The van der Waals surface area contributed by atoms with Crippen LogP contribution in [0.1, 0.15) is 30.7 Å². The fourth-order valence-corrected chi connectivity index (χ4v) is 1.26. The molecule has 2 rings (SSSR count). The highest BCUT2D eigenvalue weighted by Gasteiger charge is 2.18. The molecule has 1 fully saturated rings. The van der Waals surface area contributed by atoms with E-state index in [1.165, 1.54) is 19.3 Å². The van der Waals surface area contributed by atoms with E-state index in [9.17, 15) is 0 Å². The molecule has 4 heteroatoms. The van der Waals surface area contributed by atoms with Crippen molar-refractivity contribution in [1.29, 1.82) is 0 Å². The molecule has 72 valence electrons. The molecule has 1 saturated carbocycles. The molecule has 0 radical (unpaired) electrons. The molecule has 0 unspecified atom stereocenters. The Kier molecular flexibility index (Phi) is 2.61. The highest BCUT2D eigenvalue weighted by atomic mass is 16.5. The minimum Gasteiger partial charge on any atom is -0.370 e. The molecule has 0 spiro atoms. The van der Waals surface area contributed by atoms with Crippen LogP contribution in [-0.4, -0.2) is 11.3 Å². The fourth-order valence-electron chi connectivity index (χ4n) is 1.26. The Bertz CT molecular complexity index is 268. The molecule has 0 aliphatic heterocycles. The van der Waals surface area contributed by atoms with E-state index in [0.29, 0.717) is 19.3 Å². The number of nitrogens with zero attached hydrogens (tertiary/aromatic N) is 1. The smallest absolute Gasteiger partial charge is 0.162 e. The van der Waals surface area contributed by atoms with E-state index in [-0.39, 0.29) is 0 Å². The summed E-state index contributed by atoms with van der Waals surface area (Å²) < 4.78 is 10.6. The number of rotatable bonds is 4. The van der Waals surface area contributed by atoms with Gasteiger partial charge in [0, 0.05) is 12.6 Å². The van der Waals surface area contributed by atoms with Crippen LogP contribution >= 0.6 is 0 Å².